The smallest absolute Gasteiger partial charge is 0.305 e. The Morgan fingerprint density at radius 3 is 2.60 bits per heavy atom. The molecule has 1 atom stereocenters. The lowest BCUT2D eigenvalue weighted by Crippen LogP contribution is -2.50. The second kappa shape index (κ2) is 6.87. The van der Waals surface area contributed by atoms with Crippen molar-refractivity contribution in [3.63, 3.8) is 0 Å². The van der Waals surface area contributed by atoms with Gasteiger partial charge >= 0.3 is 5.97 Å². The van der Waals surface area contributed by atoms with E-state index in [0.717, 1.165) is 25.7 Å². The lowest BCUT2D eigenvalue weighted by atomic mass is 9.91. The number of carbonyl (C=O) groups is 1. The summed E-state index contributed by atoms with van der Waals surface area (Å²) in [6.07, 6.45) is 5.13. The number of nitrogens with zero attached hydrogens (tertiary/aromatic N) is 1. The van der Waals surface area contributed by atoms with Gasteiger partial charge in [-0.25, -0.2) is 8.42 Å². The molecule has 0 spiro atoms. The second-order valence-electron chi connectivity index (χ2n) is 5.72. The molecule has 7 heteroatoms. The van der Waals surface area contributed by atoms with Crippen molar-refractivity contribution in [3.05, 3.63) is 0 Å². The van der Waals surface area contributed by atoms with Crippen LogP contribution < -0.4 is 0 Å². The Hall–Kier alpha value is -0.660. The standard InChI is InChI=1S/C13H23NO5S/c15-13(16)8-12-9-19-7-6-14(12)20(17,18)10-11-4-2-1-3-5-11/h11-12H,1-10H2,(H,15,16). The summed E-state index contributed by atoms with van der Waals surface area (Å²) in [7, 11) is -3.39. The molecule has 0 amide bonds. The maximum absolute atomic E-state index is 12.5. The number of carboxylic acids is 1. The van der Waals surface area contributed by atoms with Crippen LogP contribution in [-0.2, 0) is 19.6 Å². The predicted molar refractivity (Wildman–Crippen MR) is 73.9 cm³/mol. The van der Waals surface area contributed by atoms with Crippen LogP contribution >= 0.6 is 0 Å². The number of morpholine rings is 1. The zero-order valence-electron chi connectivity index (χ0n) is 11.7. The molecule has 1 aliphatic carbocycles. The van der Waals surface area contributed by atoms with Crippen LogP contribution in [0.25, 0.3) is 0 Å². The third-order valence-corrected chi connectivity index (χ3v) is 6.20. The molecule has 116 valence electrons. The molecule has 0 bridgehead atoms. The first-order valence-electron chi connectivity index (χ1n) is 7.28. The average molecular weight is 305 g/mol. The van der Waals surface area contributed by atoms with Crippen LogP contribution in [0.5, 0.6) is 0 Å². The Kier molecular flexibility index (Phi) is 5.40. The third kappa shape index (κ3) is 4.17. The van der Waals surface area contributed by atoms with E-state index in [2.05, 4.69) is 0 Å². The molecule has 20 heavy (non-hydrogen) atoms. The molecule has 1 unspecified atom stereocenters. The zero-order valence-corrected chi connectivity index (χ0v) is 12.5. The summed E-state index contributed by atoms with van der Waals surface area (Å²) in [5.41, 5.74) is 0. The number of ether oxygens (including phenoxy) is 1. The minimum atomic E-state index is -3.39. The first-order chi connectivity index (χ1) is 9.49. The van der Waals surface area contributed by atoms with Crippen molar-refractivity contribution in [3.8, 4) is 0 Å². The van der Waals surface area contributed by atoms with Gasteiger partial charge in [-0.1, -0.05) is 19.3 Å². The normalized spacial score (nSPS) is 26.5. The number of sulfonamides is 1. The van der Waals surface area contributed by atoms with E-state index in [1.54, 1.807) is 0 Å². The molecule has 1 N–H and O–H groups in total. The molecule has 0 aromatic rings. The molecule has 1 saturated carbocycles. The van der Waals surface area contributed by atoms with Crippen molar-refractivity contribution in [2.45, 2.75) is 44.6 Å². The molecule has 1 aliphatic heterocycles. The van der Waals surface area contributed by atoms with Gasteiger partial charge in [0.15, 0.2) is 0 Å². The van der Waals surface area contributed by atoms with Crippen LogP contribution in [0.1, 0.15) is 38.5 Å². The minimum absolute atomic E-state index is 0.156. The molecular formula is C13H23NO5S. The van der Waals surface area contributed by atoms with Crippen molar-refractivity contribution in [1.82, 2.24) is 4.31 Å². The molecule has 1 heterocycles. The fourth-order valence-electron chi connectivity index (χ4n) is 3.12. The highest BCUT2D eigenvalue weighted by Gasteiger charge is 2.35. The minimum Gasteiger partial charge on any atom is -0.481 e. The highest BCUT2D eigenvalue weighted by Crippen LogP contribution is 2.27. The van der Waals surface area contributed by atoms with E-state index < -0.39 is 22.0 Å². The molecule has 0 aromatic heterocycles. The first-order valence-corrected chi connectivity index (χ1v) is 8.89. The van der Waals surface area contributed by atoms with Crippen LogP contribution in [0.4, 0.5) is 0 Å². The Morgan fingerprint density at radius 2 is 1.95 bits per heavy atom. The average Bonchev–Trinajstić information content (AvgIpc) is 2.39. The lowest BCUT2D eigenvalue weighted by Gasteiger charge is -2.35. The number of hydrogen-bond donors (Lipinski definition) is 1. The lowest BCUT2D eigenvalue weighted by molar-refractivity contribution is -0.139. The maximum atomic E-state index is 12.5. The number of rotatable bonds is 5. The fraction of sp³-hybridized carbons (Fsp3) is 0.923. The quantitative estimate of drug-likeness (QED) is 0.821. The van der Waals surface area contributed by atoms with Crippen molar-refractivity contribution in [2.24, 2.45) is 5.92 Å². The zero-order chi connectivity index (χ0) is 14.6. The van der Waals surface area contributed by atoms with E-state index in [4.69, 9.17) is 9.84 Å². The van der Waals surface area contributed by atoms with Crippen molar-refractivity contribution in [2.75, 3.05) is 25.5 Å². The van der Waals surface area contributed by atoms with Gasteiger partial charge < -0.3 is 9.84 Å². The van der Waals surface area contributed by atoms with E-state index >= 15 is 0 Å². The summed E-state index contributed by atoms with van der Waals surface area (Å²) in [6.45, 7) is 0.795. The molecule has 2 aliphatic rings. The molecule has 0 radical (unpaired) electrons. The number of carboxylic acid groups (broad SMARTS) is 1. The van der Waals surface area contributed by atoms with Gasteiger partial charge in [0.25, 0.3) is 0 Å². The highest BCUT2D eigenvalue weighted by atomic mass is 32.2. The first kappa shape index (κ1) is 15.7. The topological polar surface area (TPSA) is 83.9 Å². The van der Waals surface area contributed by atoms with Crippen LogP contribution in [-0.4, -0.2) is 55.4 Å². The Bertz CT molecular complexity index is 430. The predicted octanol–water partition coefficient (Wildman–Crippen LogP) is 1.07. The second-order valence-corrected chi connectivity index (χ2v) is 7.69. The van der Waals surface area contributed by atoms with Gasteiger partial charge in [0, 0.05) is 6.54 Å². The summed E-state index contributed by atoms with van der Waals surface area (Å²) in [6, 6.07) is -0.560. The summed E-state index contributed by atoms with van der Waals surface area (Å²) in [5.74, 6) is -0.608. The fourth-order valence-corrected chi connectivity index (χ4v) is 5.18. The van der Waals surface area contributed by atoms with E-state index in [-0.39, 0.29) is 31.2 Å². The summed E-state index contributed by atoms with van der Waals surface area (Å²) in [4.78, 5) is 10.9. The molecule has 2 fully saturated rings. The molecule has 2 rings (SSSR count). The van der Waals surface area contributed by atoms with E-state index in [0.29, 0.717) is 6.61 Å². The van der Waals surface area contributed by atoms with Crippen LogP contribution in [0.3, 0.4) is 0 Å². The third-order valence-electron chi connectivity index (χ3n) is 4.11. The van der Waals surface area contributed by atoms with Gasteiger partial charge in [-0.2, -0.15) is 4.31 Å². The van der Waals surface area contributed by atoms with Crippen molar-refractivity contribution < 1.29 is 23.1 Å². The summed E-state index contributed by atoms with van der Waals surface area (Å²) < 4.78 is 31.6. The van der Waals surface area contributed by atoms with Crippen LogP contribution in [0.15, 0.2) is 0 Å². The number of aliphatic carboxylic acids is 1. The SMILES string of the molecule is O=C(O)CC1COCCN1S(=O)(=O)CC1CCCCC1. The molecule has 6 nitrogen and oxygen atoms in total. The Balaban J connectivity index is 2.02. The van der Waals surface area contributed by atoms with E-state index in [1.165, 1.54) is 10.7 Å². The van der Waals surface area contributed by atoms with Gasteiger partial charge in [0.2, 0.25) is 10.0 Å². The Labute approximate surface area is 120 Å². The van der Waals surface area contributed by atoms with Crippen LogP contribution in [0, 0.1) is 5.92 Å². The van der Waals surface area contributed by atoms with Gasteiger partial charge in [-0.3, -0.25) is 4.79 Å². The van der Waals surface area contributed by atoms with Gasteiger partial charge in [-0.05, 0) is 18.8 Å². The monoisotopic (exact) mass is 305 g/mol. The Morgan fingerprint density at radius 1 is 1.25 bits per heavy atom. The van der Waals surface area contributed by atoms with Gasteiger partial charge in [0.1, 0.15) is 0 Å². The molecular weight excluding hydrogens is 282 g/mol. The van der Waals surface area contributed by atoms with Crippen LogP contribution in [0.2, 0.25) is 0 Å². The van der Waals surface area contributed by atoms with Crippen molar-refractivity contribution >= 4 is 16.0 Å². The van der Waals surface area contributed by atoms with Gasteiger partial charge in [-0.15, -0.1) is 0 Å². The van der Waals surface area contributed by atoms with Crippen molar-refractivity contribution in [1.29, 1.82) is 0 Å². The summed E-state index contributed by atoms with van der Waals surface area (Å²) in [5, 5.41) is 8.89. The highest BCUT2D eigenvalue weighted by molar-refractivity contribution is 7.89. The summed E-state index contributed by atoms with van der Waals surface area (Å²) >= 11 is 0. The number of hydrogen-bond acceptors (Lipinski definition) is 4. The largest absolute Gasteiger partial charge is 0.481 e. The molecule has 1 saturated heterocycles. The molecule has 0 aromatic carbocycles. The maximum Gasteiger partial charge on any atom is 0.305 e. The van der Waals surface area contributed by atoms with E-state index in [1.807, 2.05) is 0 Å². The van der Waals surface area contributed by atoms with Gasteiger partial charge in [0.05, 0.1) is 31.4 Å². The van der Waals surface area contributed by atoms with E-state index in [9.17, 15) is 13.2 Å².